The second kappa shape index (κ2) is 6.18. The van der Waals surface area contributed by atoms with Crippen LogP contribution in [0.1, 0.15) is 19.7 Å². The van der Waals surface area contributed by atoms with E-state index in [0.717, 1.165) is 36.1 Å². The minimum Gasteiger partial charge on any atom is -0.373 e. The summed E-state index contributed by atoms with van der Waals surface area (Å²) >= 11 is 0. The van der Waals surface area contributed by atoms with Crippen LogP contribution in [0.15, 0.2) is 36.4 Å². The van der Waals surface area contributed by atoms with Crippen LogP contribution in [-0.2, 0) is 6.42 Å². The first-order chi connectivity index (χ1) is 9.28. The summed E-state index contributed by atoms with van der Waals surface area (Å²) in [6.45, 7) is 5.06. The zero-order valence-corrected chi connectivity index (χ0v) is 11.7. The van der Waals surface area contributed by atoms with Crippen molar-refractivity contribution in [1.82, 2.24) is 9.97 Å². The Morgan fingerprint density at radius 1 is 1.11 bits per heavy atom. The molecule has 0 spiro atoms. The number of para-hydroxylation sites is 1. The van der Waals surface area contributed by atoms with Crippen LogP contribution in [0.5, 0.6) is 0 Å². The fourth-order valence-corrected chi connectivity index (χ4v) is 1.99. The summed E-state index contributed by atoms with van der Waals surface area (Å²) in [5.74, 6) is 2.65. The minimum atomic E-state index is 0.828. The standard InChI is InChI=1S/C15H20N4/c1-4-13-17-14(16-3)11-15(18-13)19(5-2)12-9-7-6-8-10-12/h6-11H,4-5H2,1-3H3,(H,16,17,18). The second-order valence-corrected chi connectivity index (χ2v) is 4.21. The molecule has 1 aromatic carbocycles. The number of aromatic nitrogens is 2. The molecule has 0 amide bonds. The molecule has 0 fully saturated rings. The van der Waals surface area contributed by atoms with Gasteiger partial charge in [-0.2, -0.15) is 0 Å². The second-order valence-electron chi connectivity index (χ2n) is 4.21. The van der Waals surface area contributed by atoms with Gasteiger partial charge in [0.05, 0.1) is 0 Å². The zero-order chi connectivity index (χ0) is 13.7. The SMILES string of the molecule is CCc1nc(NC)cc(N(CC)c2ccccc2)n1. The van der Waals surface area contributed by atoms with Crippen molar-refractivity contribution in [3.63, 3.8) is 0 Å². The van der Waals surface area contributed by atoms with Gasteiger partial charge in [-0.15, -0.1) is 0 Å². The van der Waals surface area contributed by atoms with E-state index in [-0.39, 0.29) is 0 Å². The van der Waals surface area contributed by atoms with Gasteiger partial charge in [-0.1, -0.05) is 25.1 Å². The molecule has 2 aromatic rings. The highest BCUT2D eigenvalue weighted by molar-refractivity contribution is 5.62. The maximum atomic E-state index is 4.62. The summed E-state index contributed by atoms with van der Waals surface area (Å²) in [6, 6.07) is 12.3. The number of anilines is 3. The first kappa shape index (κ1) is 13.3. The van der Waals surface area contributed by atoms with E-state index in [1.807, 2.05) is 31.3 Å². The van der Waals surface area contributed by atoms with E-state index in [4.69, 9.17) is 0 Å². The molecule has 1 heterocycles. The van der Waals surface area contributed by atoms with Crippen LogP contribution in [-0.4, -0.2) is 23.6 Å². The lowest BCUT2D eigenvalue weighted by Gasteiger charge is -2.23. The normalized spacial score (nSPS) is 10.3. The van der Waals surface area contributed by atoms with Crippen molar-refractivity contribution < 1.29 is 0 Å². The van der Waals surface area contributed by atoms with Crippen LogP contribution in [0.2, 0.25) is 0 Å². The van der Waals surface area contributed by atoms with Crippen LogP contribution in [0.25, 0.3) is 0 Å². The highest BCUT2D eigenvalue weighted by Gasteiger charge is 2.11. The lowest BCUT2D eigenvalue weighted by Crippen LogP contribution is -2.18. The molecule has 0 saturated carbocycles. The van der Waals surface area contributed by atoms with Gasteiger partial charge in [0.2, 0.25) is 0 Å². The van der Waals surface area contributed by atoms with E-state index in [2.05, 4.69) is 46.2 Å². The molecule has 4 heteroatoms. The number of nitrogens with one attached hydrogen (secondary N) is 1. The quantitative estimate of drug-likeness (QED) is 0.891. The van der Waals surface area contributed by atoms with Gasteiger partial charge in [-0.05, 0) is 19.1 Å². The van der Waals surface area contributed by atoms with Crippen LogP contribution in [0, 0.1) is 0 Å². The third-order valence-electron chi connectivity index (χ3n) is 2.99. The van der Waals surface area contributed by atoms with Crippen LogP contribution >= 0.6 is 0 Å². The third-order valence-corrected chi connectivity index (χ3v) is 2.99. The molecule has 19 heavy (non-hydrogen) atoms. The monoisotopic (exact) mass is 256 g/mol. The van der Waals surface area contributed by atoms with E-state index < -0.39 is 0 Å². The summed E-state index contributed by atoms with van der Waals surface area (Å²) in [5.41, 5.74) is 1.15. The van der Waals surface area contributed by atoms with Crippen molar-refractivity contribution in [2.45, 2.75) is 20.3 Å². The molecular formula is C15H20N4. The average Bonchev–Trinajstić information content (AvgIpc) is 2.48. The Bertz CT molecular complexity index is 503. The van der Waals surface area contributed by atoms with Crippen LogP contribution in [0.3, 0.4) is 0 Å². The molecule has 0 radical (unpaired) electrons. The van der Waals surface area contributed by atoms with Gasteiger partial charge >= 0.3 is 0 Å². The number of hydrogen-bond donors (Lipinski definition) is 1. The largest absolute Gasteiger partial charge is 0.373 e. The van der Waals surface area contributed by atoms with Gasteiger partial charge in [0.1, 0.15) is 17.5 Å². The van der Waals surface area contributed by atoms with Crippen LogP contribution in [0.4, 0.5) is 17.3 Å². The maximum absolute atomic E-state index is 4.62. The van der Waals surface area contributed by atoms with Crippen molar-refractivity contribution in [2.24, 2.45) is 0 Å². The fraction of sp³-hybridized carbons (Fsp3) is 0.333. The number of aryl methyl sites for hydroxylation is 1. The van der Waals surface area contributed by atoms with Crippen molar-refractivity contribution in [3.8, 4) is 0 Å². The Balaban J connectivity index is 2.43. The van der Waals surface area contributed by atoms with Crippen molar-refractivity contribution in [1.29, 1.82) is 0 Å². The van der Waals surface area contributed by atoms with Crippen LogP contribution < -0.4 is 10.2 Å². The predicted molar refractivity (Wildman–Crippen MR) is 80.1 cm³/mol. The van der Waals surface area contributed by atoms with Gasteiger partial charge in [0, 0.05) is 31.8 Å². The van der Waals surface area contributed by atoms with Crippen molar-refractivity contribution >= 4 is 17.3 Å². The van der Waals surface area contributed by atoms with Gasteiger partial charge < -0.3 is 10.2 Å². The lowest BCUT2D eigenvalue weighted by atomic mass is 10.3. The summed E-state index contributed by atoms with van der Waals surface area (Å²) in [7, 11) is 1.88. The Morgan fingerprint density at radius 2 is 1.84 bits per heavy atom. The Hall–Kier alpha value is -2.10. The summed E-state index contributed by atoms with van der Waals surface area (Å²) in [6.07, 6.45) is 0.828. The molecule has 0 atom stereocenters. The average molecular weight is 256 g/mol. The number of benzene rings is 1. The summed E-state index contributed by atoms with van der Waals surface area (Å²) in [4.78, 5) is 11.2. The predicted octanol–water partition coefficient (Wildman–Crippen LogP) is 3.24. The topological polar surface area (TPSA) is 41.1 Å². The Morgan fingerprint density at radius 3 is 2.42 bits per heavy atom. The molecule has 0 aliphatic carbocycles. The highest BCUT2D eigenvalue weighted by atomic mass is 15.2. The number of nitrogens with zero attached hydrogens (tertiary/aromatic N) is 3. The first-order valence-electron chi connectivity index (χ1n) is 6.66. The Labute approximate surface area is 114 Å². The maximum Gasteiger partial charge on any atom is 0.138 e. The van der Waals surface area contributed by atoms with Crippen molar-refractivity contribution in [3.05, 3.63) is 42.2 Å². The molecule has 4 nitrogen and oxygen atoms in total. The zero-order valence-electron chi connectivity index (χ0n) is 11.7. The van der Waals surface area contributed by atoms with Gasteiger partial charge in [0.25, 0.3) is 0 Å². The molecule has 2 rings (SSSR count). The molecule has 0 saturated heterocycles. The fourth-order valence-electron chi connectivity index (χ4n) is 1.99. The molecule has 0 aliphatic rings. The Kier molecular flexibility index (Phi) is 4.34. The molecule has 1 aromatic heterocycles. The van der Waals surface area contributed by atoms with Gasteiger partial charge in [-0.25, -0.2) is 9.97 Å². The summed E-state index contributed by atoms with van der Waals surface area (Å²) < 4.78 is 0. The number of hydrogen-bond acceptors (Lipinski definition) is 4. The molecule has 1 N–H and O–H groups in total. The molecule has 0 bridgehead atoms. The van der Waals surface area contributed by atoms with E-state index in [9.17, 15) is 0 Å². The van der Waals surface area contributed by atoms with E-state index >= 15 is 0 Å². The minimum absolute atomic E-state index is 0.828. The van der Waals surface area contributed by atoms with E-state index in [0.29, 0.717) is 0 Å². The molecule has 100 valence electrons. The smallest absolute Gasteiger partial charge is 0.138 e. The molecule has 0 aliphatic heterocycles. The third kappa shape index (κ3) is 3.02. The van der Waals surface area contributed by atoms with Gasteiger partial charge in [0.15, 0.2) is 0 Å². The lowest BCUT2D eigenvalue weighted by molar-refractivity contribution is 0.904. The van der Waals surface area contributed by atoms with Gasteiger partial charge in [-0.3, -0.25) is 0 Å². The van der Waals surface area contributed by atoms with Crippen molar-refractivity contribution in [2.75, 3.05) is 23.8 Å². The number of rotatable bonds is 5. The summed E-state index contributed by atoms with van der Waals surface area (Å²) in [5, 5.41) is 3.09. The van der Waals surface area contributed by atoms with E-state index in [1.54, 1.807) is 0 Å². The molecular weight excluding hydrogens is 236 g/mol. The van der Waals surface area contributed by atoms with E-state index in [1.165, 1.54) is 0 Å². The first-order valence-corrected chi connectivity index (χ1v) is 6.66. The molecule has 0 unspecified atom stereocenters. The highest BCUT2D eigenvalue weighted by Crippen LogP contribution is 2.24.